The maximum absolute atomic E-state index is 12.7. The highest BCUT2D eigenvalue weighted by Gasteiger charge is 2.35. The van der Waals surface area contributed by atoms with E-state index in [1.165, 1.54) is 16.3 Å². The van der Waals surface area contributed by atoms with Gasteiger partial charge in [-0.25, -0.2) is 4.79 Å². The Bertz CT molecular complexity index is 1090. The maximum Gasteiger partial charge on any atom is 0.410 e. The average molecular weight is 496 g/mol. The summed E-state index contributed by atoms with van der Waals surface area (Å²) in [6.45, 7) is 7.36. The van der Waals surface area contributed by atoms with E-state index < -0.39 is 5.60 Å². The van der Waals surface area contributed by atoms with Crippen LogP contribution in [0.1, 0.15) is 44.2 Å². The molecule has 1 saturated heterocycles. The normalized spacial score (nSPS) is 19.2. The lowest BCUT2D eigenvalue weighted by Gasteiger charge is -2.39. The van der Waals surface area contributed by atoms with E-state index in [9.17, 15) is 4.79 Å². The summed E-state index contributed by atoms with van der Waals surface area (Å²) in [5.74, 6) is 0.214. The topological polar surface area (TPSA) is 38.8 Å². The Balaban J connectivity index is 1.52. The Kier molecular flexibility index (Phi) is 6.87. The van der Waals surface area contributed by atoms with Crippen LogP contribution in [-0.2, 0) is 16.1 Å². The molecule has 1 heterocycles. The minimum atomic E-state index is -0.514. The zero-order chi connectivity index (χ0) is 22.7. The van der Waals surface area contributed by atoms with Crippen molar-refractivity contribution in [3.8, 4) is 0 Å². The van der Waals surface area contributed by atoms with Gasteiger partial charge in [0.25, 0.3) is 0 Å². The molecule has 1 amide bonds. The van der Waals surface area contributed by atoms with E-state index in [1.807, 2.05) is 32.9 Å². The predicted octanol–water partition coefficient (Wildman–Crippen LogP) is 6.91. The Morgan fingerprint density at radius 2 is 1.81 bits per heavy atom. The molecule has 0 aliphatic carbocycles. The van der Waals surface area contributed by atoms with Crippen LogP contribution in [0.4, 0.5) is 4.79 Å². The predicted molar refractivity (Wildman–Crippen MR) is 132 cm³/mol. The van der Waals surface area contributed by atoms with Crippen LogP contribution in [0.15, 0.2) is 71.2 Å². The highest BCUT2D eigenvalue weighted by molar-refractivity contribution is 9.10. The van der Waals surface area contributed by atoms with Crippen molar-refractivity contribution >= 4 is 32.8 Å². The van der Waals surface area contributed by atoms with Gasteiger partial charge in [0.15, 0.2) is 0 Å². The Hall–Kier alpha value is -2.37. The first-order valence-electron chi connectivity index (χ1n) is 11.1. The number of ether oxygens (including phenoxy) is 2. The number of fused-ring (bicyclic) bond motifs is 1. The SMILES string of the molecule is CC(C)(C)OC(=O)N1CC[C@H](c2cccc(Br)c2)[C@@H](OCc2ccc3ccccc3c2)C1. The number of hydrogen-bond donors (Lipinski definition) is 0. The van der Waals surface area contributed by atoms with Crippen molar-refractivity contribution < 1.29 is 14.3 Å². The molecule has 0 aromatic heterocycles. The molecule has 3 aromatic carbocycles. The fraction of sp³-hybridized carbons (Fsp3) is 0.370. The van der Waals surface area contributed by atoms with Crippen LogP contribution in [0.5, 0.6) is 0 Å². The molecule has 0 N–H and O–H groups in total. The molecule has 168 valence electrons. The highest BCUT2D eigenvalue weighted by atomic mass is 79.9. The van der Waals surface area contributed by atoms with Gasteiger partial charge < -0.3 is 14.4 Å². The number of nitrogens with zero attached hydrogens (tertiary/aromatic N) is 1. The van der Waals surface area contributed by atoms with Gasteiger partial charge >= 0.3 is 6.09 Å². The van der Waals surface area contributed by atoms with E-state index in [0.717, 1.165) is 16.5 Å². The lowest BCUT2D eigenvalue weighted by Crippen LogP contribution is -2.48. The van der Waals surface area contributed by atoms with Gasteiger partial charge in [-0.1, -0.05) is 64.5 Å². The third-order valence-electron chi connectivity index (χ3n) is 5.77. The molecule has 32 heavy (non-hydrogen) atoms. The molecule has 1 aliphatic heterocycles. The summed E-state index contributed by atoms with van der Waals surface area (Å²) in [4.78, 5) is 14.5. The molecule has 0 unspecified atom stereocenters. The number of piperidine rings is 1. The second-order valence-electron chi connectivity index (χ2n) is 9.41. The van der Waals surface area contributed by atoms with Gasteiger partial charge in [-0.3, -0.25) is 0 Å². The van der Waals surface area contributed by atoms with Crippen LogP contribution in [0.25, 0.3) is 10.8 Å². The summed E-state index contributed by atoms with van der Waals surface area (Å²) in [5, 5.41) is 2.42. The molecule has 2 atom stereocenters. The van der Waals surface area contributed by atoms with Crippen molar-refractivity contribution in [2.75, 3.05) is 13.1 Å². The van der Waals surface area contributed by atoms with Crippen LogP contribution >= 0.6 is 15.9 Å². The van der Waals surface area contributed by atoms with E-state index in [0.29, 0.717) is 19.7 Å². The Labute approximate surface area is 198 Å². The van der Waals surface area contributed by atoms with Crippen LogP contribution in [0, 0.1) is 0 Å². The number of halogens is 1. The molecular formula is C27H30BrNO3. The molecule has 0 saturated carbocycles. The van der Waals surface area contributed by atoms with E-state index in [4.69, 9.17) is 9.47 Å². The second kappa shape index (κ2) is 9.63. The summed E-state index contributed by atoms with van der Waals surface area (Å²) < 4.78 is 13.1. The van der Waals surface area contributed by atoms with E-state index in [1.54, 1.807) is 4.90 Å². The van der Waals surface area contributed by atoms with Gasteiger partial charge in [-0.2, -0.15) is 0 Å². The second-order valence-corrected chi connectivity index (χ2v) is 10.3. The number of hydrogen-bond acceptors (Lipinski definition) is 3. The number of amides is 1. The number of carbonyl (C=O) groups is 1. The first-order chi connectivity index (χ1) is 15.3. The van der Waals surface area contributed by atoms with Crippen molar-refractivity contribution in [2.24, 2.45) is 0 Å². The summed E-state index contributed by atoms with van der Waals surface area (Å²) in [6.07, 6.45) is 0.444. The smallest absolute Gasteiger partial charge is 0.410 e. The van der Waals surface area contributed by atoms with Crippen LogP contribution in [-0.4, -0.2) is 35.8 Å². The quantitative estimate of drug-likeness (QED) is 0.394. The van der Waals surface area contributed by atoms with Gasteiger partial charge in [-0.15, -0.1) is 0 Å². The summed E-state index contributed by atoms with van der Waals surface area (Å²) in [5.41, 5.74) is 1.84. The molecule has 1 aliphatic rings. The third-order valence-corrected chi connectivity index (χ3v) is 6.26. The van der Waals surface area contributed by atoms with Crippen molar-refractivity contribution in [2.45, 2.75) is 51.4 Å². The fourth-order valence-electron chi connectivity index (χ4n) is 4.23. The monoisotopic (exact) mass is 495 g/mol. The summed E-state index contributed by atoms with van der Waals surface area (Å²) >= 11 is 3.59. The van der Waals surface area contributed by atoms with Crippen molar-refractivity contribution in [3.63, 3.8) is 0 Å². The summed E-state index contributed by atoms with van der Waals surface area (Å²) in [6, 6.07) is 23.1. The third kappa shape index (κ3) is 5.70. The van der Waals surface area contributed by atoms with Crippen LogP contribution in [0.3, 0.4) is 0 Å². The standard InChI is InChI=1S/C27H30BrNO3/c1-27(2,3)32-26(30)29-14-13-24(22-9-6-10-23(28)16-22)25(17-29)31-18-19-11-12-20-7-4-5-8-21(20)15-19/h4-12,15-16,24-25H,13-14,17-18H2,1-3H3/t24-,25+/m1/s1. The first kappa shape index (κ1) is 22.8. The molecule has 1 fully saturated rings. The van der Waals surface area contributed by atoms with Crippen LogP contribution in [0.2, 0.25) is 0 Å². The van der Waals surface area contributed by atoms with E-state index in [2.05, 4.69) is 70.5 Å². The average Bonchev–Trinajstić information content (AvgIpc) is 2.76. The fourth-order valence-corrected chi connectivity index (χ4v) is 4.65. The van der Waals surface area contributed by atoms with Crippen molar-refractivity contribution in [3.05, 3.63) is 82.3 Å². The van der Waals surface area contributed by atoms with Crippen molar-refractivity contribution in [1.29, 1.82) is 0 Å². The molecular weight excluding hydrogens is 466 g/mol. The highest BCUT2D eigenvalue weighted by Crippen LogP contribution is 2.33. The molecule has 3 aromatic rings. The van der Waals surface area contributed by atoms with E-state index in [-0.39, 0.29) is 18.1 Å². The molecule has 0 spiro atoms. The molecule has 0 radical (unpaired) electrons. The van der Waals surface area contributed by atoms with Gasteiger partial charge in [0.05, 0.1) is 19.3 Å². The minimum absolute atomic E-state index is 0.114. The molecule has 4 rings (SSSR count). The zero-order valence-corrected chi connectivity index (χ0v) is 20.5. The van der Waals surface area contributed by atoms with Gasteiger partial charge in [0.2, 0.25) is 0 Å². The summed E-state index contributed by atoms with van der Waals surface area (Å²) in [7, 11) is 0. The number of likely N-dealkylation sites (tertiary alicyclic amines) is 1. The van der Waals surface area contributed by atoms with E-state index >= 15 is 0 Å². The number of benzene rings is 3. The number of rotatable bonds is 4. The van der Waals surface area contributed by atoms with Gasteiger partial charge in [-0.05, 0) is 67.3 Å². The van der Waals surface area contributed by atoms with Crippen LogP contribution < -0.4 is 0 Å². The molecule has 4 nitrogen and oxygen atoms in total. The first-order valence-corrected chi connectivity index (χ1v) is 11.9. The lowest BCUT2D eigenvalue weighted by atomic mass is 9.87. The zero-order valence-electron chi connectivity index (χ0n) is 18.9. The van der Waals surface area contributed by atoms with Gasteiger partial charge in [0.1, 0.15) is 5.60 Å². The lowest BCUT2D eigenvalue weighted by molar-refractivity contribution is -0.0359. The minimum Gasteiger partial charge on any atom is -0.444 e. The number of carbonyl (C=O) groups excluding carboxylic acids is 1. The Morgan fingerprint density at radius 1 is 1.03 bits per heavy atom. The maximum atomic E-state index is 12.7. The molecule has 0 bridgehead atoms. The largest absolute Gasteiger partial charge is 0.444 e. The Morgan fingerprint density at radius 3 is 2.56 bits per heavy atom. The molecule has 5 heteroatoms. The van der Waals surface area contributed by atoms with Gasteiger partial charge in [0, 0.05) is 16.9 Å². The van der Waals surface area contributed by atoms with Crippen molar-refractivity contribution in [1.82, 2.24) is 4.90 Å².